The van der Waals surface area contributed by atoms with Crippen LogP contribution in [0.25, 0.3) is 6.08 Å². The van der Waals surface area contributed by atoms with Gasteiger partial charge in [-0.25, -0.2) is 9.18 Å². The highest BCUT2D eigenvalue weighted by atomic mass is 79.9. The minimum Gasteiger partial charge on any atom is -0.446 e. The third-order valence-corrected chi connectivity index (χ3v) is 3.60. The zero-order chi connectivity index (χ0) is 20.0. The second kappa shape index (κ2) is 8.96. The maximum atomic E-state index is 13.7. The smallest absolute Gasteiger partial charge is 0.446 e. The molecule has 0 saturated heterocycles. The number of esters is 1. The number of alkyl halides is 3. The summed E-state index contributed by atoms with van der Waals surface area (Å²) in [6.45, 7) is 3.07. The summed E-state index contributed by atoms with van der Waals surface area (Å²) in [5.41, 5.74) is 0.419. The molecule has 0 fully saturated rings. The fourth-order valence-electron chi connectivity index (χ4n) is 2.04. The second-order valence-corrected chi connectivity index (χ2v) is 6.01. The predicted molar refractivity (Wildman–Crippen MR) is 92.2 cm³/mol. The molecular weight excluding hydrogens is 436 g/mol. The molecule has 1 N–H and O–H groups in total. The van der Waals surface area contributed by atoms with Crippen LogP contribution in [0.4, 0.5) is 17.6 Å². The molecule has 0 aliphatic rings. The van der Waals surface area contributed by atoms with E-state index in [-0.39, 0.29) is 24.4 Å². The standard InChI is InChI=1S/C17H13BrF4N2O3/c1-2-15-13(6-11(18)8-24-15)16(25)26-9-23-7-10-5-12(3-4-14(10)19)27-17(20,21)22/h2-6,8,23H,1,7,9H2. The van der Waals surface area contributed by atoms with Gasteiger partial charge in [0.05, 0.1) is 11.3 Å². The maximum absolute atomic E-state index is 13.7. The Labute approximate surface area is 160 Å². The van der Waals surface area contributed by atoms with E-state index in [1.165, 1.54) is 18.3 Å². The van der Waals surface area contributed by atoms with Crippen LogP contribution in [-0.4, -0.2) is 24.0 Å². The highest BCUT2D eigenvalue weighted by Gasteiger charge is 2.31. The molecule has 0 saturated carbocycles. The van der Waals surface area contributed by atoms with Gasteiger partial charge in [0.25, 0.3) is 0 Å². The average Bonchev–Trinajstić information content (AvgIpc) is 2.59. The number of nitrogens with one attached hydrogen (secondary N) is 1. The van der Waals surface area contributed by atoms with Gasteiger partial charge in [0.15, 0.2) is 0 Å². The summed E-state index contributed by atoms with van der Waals surface area (Å²) in [5, 5.41) is 2.61. The van der Waals surface area contributed by atoms with E-state index in [2.05, 4.69) is 37.5 Å². The Morgan fingerprint density at radius 1 is 1.33 bits per heavy atom. The van der Waals surface area contributed by atoms with Gasteiger partial charge in [-0.2, -0.15) is 0 Å². The first-order valence-corrected chi connectivity index (χ1v) is 8.19. The minimum absolute atomic E-state index is 0.0799. The van der Waals surface area contributed by atoms with Crippen LogP contribution in [0.5, 0.6) is 5.75 Å². The first kappa shape index (κ1) is 20.8. The summed E-state index contributed by atoms with van der Waals surface area (Å²) < 4.78 is 59.6. The Morgan fingerprint density at radius 3 is 2.74 bits per heavy atom. The Hall–Kier alpha value is -2.46. The summed E-state index contributed by atoms with van der Waals surface area (Å²) in [5.74, 6) is -1.97. The van der Waals surface area contributed by atoms with Crippen molar-refractivity contribution in [1.82, 2.24) is 10.3 Å². The molecule has 2 aromatic rings. The number of halogens is 5. The second-order valence-electron chi connectivity index (χ2n) is 5.09. The van der Waals surface area contributed by atoms with E-state index in [1.54, 1.807) is 0 Å². The van der Waals surface area contributed by atoms with Gasteiger partial charge in [-0.3, -0.25) is 10.3 Å². The normalized spacial score (nSPS) is 11.1. The predicted octanol–water partition coefficient (Wildman–Crippen LogP) is 4.43. The molecular formula is C17H13BrF4N2O3. The Kier molecular flexibility index (Phi) is 6.92. The van der Waals surface area contributed by atoms with E-state index in [1.807, 2.05) is 0 Å². The van der Waals surface area contributed by atoms with Gasteiger partial charge < -0.3 is 9.47 Å². The van der Waals surface area contributed by atoms with Gasteiger partial charge in [0, 0.05) is 22.8 Å². The summed E-state index contributed by atoms with van der Waals surface area (Å²) in [6, 6.07) is 4.13. The van der Waals surface area contributed by atoms with Gasteiger partial charge in [-0.05, 0) is 46.3 Å². The lowest BCUT2D eigenvalue weighted by atomic mass is 10.2. The summed E-state index contributed by atoms with van der Waals surface area (Å²) in [4.78, 5) is 16.1. The molecule has 0 unspecified atom stereocenters. The van der Waals surface area contributed by atoms with Crippen molar-refractivity contribution in [2.24, 2.45) is 0 Å². The van der Waals surface area contributed by atoms with E-state index >= 15 is 0 Å². The summed E-state index contributed by atoms with van der Waals surface area (Å²) >= 11 is 3.19. The number of carbonyl (C=O) groups excluding carboxylic acids is 1. The number of pyridine rings is 1. The number of ether oxygens (including phenoxy) is 2. The van der Waals surface area contributed by atoms with Crippen molar-refractivity contribution in [2.75, 3.05) is 6.73 Å². The van der Waals surface area contributed by atoms with Crippen LogP contribution in [0.1, 0.15) is 21.6 Å². The SMILES string of the molecule is C=Cc1ncc(Br)cc1C(=O)OCNCc1cc(OC(F)(F)F)ccc1F. The molecule has 0 radical (unpaired) electrons. The number of aromatic nitrogens is 1. The van der Waals surface area contributed by atoms with Crippen molar-refractivity contribution in [2.45, 2.75) is 12.9 Å². The van der Waals surface area contributed by atoms with E-state index < -0.39 is 23.9 Å². The molecule has 1 aromatic carbocycles. The fraction of sp³-hybridized carbons (Fsp3) is 0.176. The summed E-state index contributed by atoms with van der Waals surface area (Å²) in [6.07, 6.45) is -2.00. The lowest BCUT2D eigenvalue weighted by Crippen LogP contribution is -2.22. The highest BCUT2D eigenvalue weighted by molar-refractivity contribution is 9.10. The van der Waals surface area contributed by atoms with Gasteiger partial charge in [-0.1, -0.05) is 6.58 Å². The van der Waals surface area contributed by atoms with Crippen molar-refractivity contribution in [3.8, 4) is 5.75 Å². The topological polar surface area (TPSA) is 60.5 Å². The minimum atomic E-state index is -4.88. The van der Waals surface area contributed by atoms with Gasteiger partial charge in [0.2, 0.25) is 0 Å². The Balaban J connectivity index is 1.93. The highest BCUT2D eigenvalue weighted by Crippen LogP contribution is 2.24. The maximum Gasteiger partial charge on any atom is 0.573 e. The lowest BCUT2D eigenvalue weighted by Gasteiger charge is -2.12. The van der Waals surface area contributed by atoms with Gasteiger partial charge >= 0.3 is 12.3 Å². The summed E-state index contributed by atoms with van der Waals surface area (Å²) in [7, 11) is 0. The monoisotopic (exact) mass is 448 g/mol. The molecule has 0 aliphatic heterocycles. The van der Waals surface area contributed by atoms with Crippen LogP contribution in [-0.2, 0) is 11.3 Å². The van der Waals surface area contributed by atoms with Crippen LogP contribution in [0.3, 0.4) is 0 Å². The van der Waals surface area contributed by atoms with E-state index in [0.717, 1.165) is 18.2 Å². The molecule has 2 rings (SSSR count). The molecule has 0 bridgehead atoms. The first-order chi connectivity index (χ1) is 12.7. The van der Waals surface area contributed by atoms with Crippen LogP contribution >= 0.6 is 15.9 Å². The third-order valence-electron chi connectivity index (χ3n) is 3.17. The third kappa shape index (κ3) is 6.33. The van der Waals surface area contributed by atoms with Crippen molar-refractivity contribution in [3.63, 3.8) is 0 Å². The average molecular weight is 449 g/mol. The quantitative estimate of drug-likeness (QED) is 0.294. The van der Waals surface area contributed by atoms with Gasteiger partial charge in [0.1, 0.15) is 18.3 Å². The van der Waals surface area contributed by atoms with Gasteiger partial charge in [-0.15, -0.1) is 13.2 Å². The van der Waals surface area contributed by atoms with Crippen LogP contribution in [0.2, 0.25) is 0 Å². The zero-order valence-electron chi connectivity index (χ0n) is 13.6. The molecule has 0 amide bonds. The number of carbonyl (C=O) groups is 1. The largest absolute Gasteiger partial charge is 0.573 e. The Morgan fingerprint density at radius 2 is 2.07 bits per heavy atom. The molecule has 5 nitrogen and oxygen atoms in total. The molecule has 1 aromatic heterocycles. The van der Waals surface area contributed by atoms with Crippen LogP contribution in [0, 0.1) is 5.82 Å². The molecule has 1 heterocycles. The fourth-order valence-corrected chi connectivity index (χ4v) is 2.37. The van der Waals surface area contributed by atoms with E-state index in [9.17, 15) is 22.4 Å². The Bertz CT molecular complexity index is 843. The number of hydrogen-bond donors (Lipinski definition) is 1. The number of nitrogens with zero attached hydrogens (tertiary/aromatic N) is 1. The van der Waals surface area contributed by atoms with E-state index in [4.69, 9.17) is 4.74 Å². The van der Waals surface area contributed by atoms with Crippen molar-refractivity contribution < 1.29 is 31.8 Å². The van der Waals surface area contributed by atoms with Crippen molar-refractivity contribution in [3.05, 3.63) is 64.2 Å². The number of hydrogen-bond acceptors (Lipinski definition) is 5. The molecule has 0 spiro atoms. The van der Waals surface area contributed by atoms with Crippen molar-refractivity contribution >= 4 is 28.0 Å². The molecule has 144 valence electrons. The first-order valence-electron chi connectivity index (χ1n) is 7.39. The van der Waals surface area contributed by atoms with E-state index in [0.29, 0.717) is 10.2 Å². The zero-order valence-corrected chi connectivity index (χ0v) is 15.2. The lowest BCUT2D eigenvalue weighted by molar-refractivity contribution is -0.274. The molecule has 10 heteroatoms. The molecule has 27 heavy (non-hydrogen) atoms. The number of rotatable bonds is 7. The van der Waals surface area contributed by atoms with Crippen LogP contribution < -0.4 is 10.1 Å². The van der Waals surface area contributed by atoms with Crippen molar-refractivity contribution in [1.29, 1.82) is 0 Å². The number of benzene rings is 1. The molecule has 0 aliphatic carbocycles. The molecule has 0 atom stereocenters. The van der Waals surface area contributed by atoms with Crippen LogP contribution in [0.15, 0.2) is 41.5 Å².